The molecule has 0 amide bonds. The van der Waals surface area contributed by atoms with Crippen LogP contribution in [0.15, 0.2) is 43.5 Å². The van der Waals surface area contributed by atoms with Crippen molar-refractivity contribution in [2.24, 2.45) is 0 Å². The molecule has 0 saturated carbocycles. The van der Waals surface area contributed by atoms with Crippen LogP contribution in [-0.2, 0) is 0 Å². The standard InChI is InChI=1S/C17H25NO2/c1-5-10-18(11-6-2)12-9-17(19)16-8-7-15(20-4)13-14(16)3/h5-8,13,17,19H,1-2,9-12H2,3-4H3. The van der Waals surface area contributed by atoms with Crippen LogP contribution in [0, 0.1) is 6.92 Å². The van der Waals surface area contributed by atoms with Crippen molar-refractivity contribution in [1.82, 2.24) is 4.90 Å². The quantitative estimate of drug-likeness (QED) is 0.703. The third-order valence-corrected chi connectivity index (χ3v) is 3.33. The first kappa shape index (κ1) is 16.5. The van der Waals surface area contributed by atoms with Gasteiger partial charge in [0.2, 0.25) is 0 Å². The molecule has 3 heteroatoms. The summed E-state index contributed by atoms with van der Waals surface area (Å²) in [6, 6.07) is 5.77. The number of hydrogen-bond acceptors (Lipinski definition) is 3. The van der Waals surface area contributed by atoms with Crippen LogP contribution in [0.2, 0.25) is 0 Å². The summed E-state index contributed by atoms with van der Waals surface area (Å²) in [5, 5.41) is 10.3. The van der Waals surface area contributed by atoms with Gasteiger partial charge < -0.3 is 9.84 Å². The molecule has 0 spiro atoms. The number of ether oxygens (including phenoxy) is 1. The van der Waals surface area contributed by atoms with Gasteiger partial charge in [-0.3, -0.25) is 4.90 Å². The van der Waals surface area contributed by atoms with Gasteiger partial charge in [-0.2, -0.15) is 0 Å². The van der Waals surface area contributed by atoms with Crippen LogP contribution in [0.3, 0.4) is 0 Å². The molecule has 0 aliphatic heterocycles. The molecule has 0 aromatic heterocycles. The van der Waals surface area contributed by atoms with Crippen molar-refractivity contribution in [1.29, 1.82) is 0 Å². The first-order valence-corrected chi connectivity index (χ1v) is 6.89. The molecule has 1 N–H and O–H groups in total. The zero-order valence-corrected chi connectivity index (χ0v) is 12.5. The van der Waals surface area contributed by atoms with E-state index in [2.05, 4.69) is 18.1 Å². The summed E-state index contributed by atoms with van der Waals surface area (Å²) in [4.78, 5) is 2.20. The van der Waals surface area contributed by atoms with Gasteiger partial charge >= 0.3 is 0 Å². The third-order valence-electron chi connectivity index (χ3n) is 3.33. The molecule has 1 aromatic carbocycles. The van der Waals surface area contributed by atoms with Gasteiger partial charge in [-0.25, -0.2) is 0 Å². The maximum absolute atomic E-state index is 10.3. The molecule has 110 valence electrons. The van der Waals surface area contributed by atoms with Crippen LogP contribution >= 0.6 is 0 Å². The second-order valence-corrected chi connectivity index (χ2v) is 4.86. The summed E-state index contributed by atoms with van der Waals surface area (Å²) in [6.45, 7) is 11.9. The van der Waals surface area contributed by atoms with Crippen molar-refractivity contribution in [2.75, 3.05) is 26.7 Å². The molecular formula is C17H25NO2. The Hall–Kier alpha value is -1.58. The van der Waals surface area contributed by atoms with E-state index < -0.39 is 6.10 Å². The largest absolute Gasteiger partial charge is 0.497 e. The molecule has 0 bridgehead atoms. The SMILES string of the molecule is C=CCN(CC=C)CCC(O)c1ccc(OC)cc1C. The molecule has 0 heterocycles. The van der Waals surface area contributed by atoms with Crippen LogP contribution in [0.4, 0.5) is 0 Å². The lowest BCUT2D eigenvalue weighted by Gasteiger charge is -2.21. The number of rotatable bonds is 9. The Morgan fingerprint density at radius 2 is 1.95 bits per heavy atom. The van der Waals surface area contributed by atoms with Crippen molar-refractivity contribution >= 4 is 0 Å². The highest BCUT2D eigenvalue weighted by molar-refractivity contribution is 5.36. The summed E-state index contributed by atoms with van der Waals surface area (Å²) in [7, 11) is 1.65. The van der Waals surface area contributed by atoms with E-state index in [9.17, 15) is 5.11 Å². The second-order valence-electron chi connectivity index (χ2n) is 4.86. The predicted molar refractivity (Wildman–Crippen MR) is 84.1 cm³/mol. The number of aryl methyl sites for hydroxylation is 1. The monoisotopic (exact) mass is 275 g/mol. The fraction of sp³-hybridized carbons (Fsp3) is 0.412. The topological polar surface area (TPSA) is 32.7 Å². The van der Waals surface area contributed by atoms with Gasteiger partial charge in [-0.05, 0) is 36.6 Å². The maximum atomic E-state index is 10.3. The molecule has 0 saturated heterocycles. The van der Waals surface area contributed by atoms with Crippen LogP contribution in [0.25, 0.3) is 0 Å². The highest BCUT2D eigenvalue weighted by Gasteiger charge is 2.12. The van der Waals surface area contributed by atoms with Crippen molar-refractivity contribution in [3.05, 3.63) is 54.6 Å². The van der Waals surface area contributed by atoms with Crippen LogP contribution in [0.5, 0.6) is 5.75 Å². The Morgan fingerprint density at radius 1 is 1.30 bits per heavy atom. The number of methoxy groups -OCH3 is 1. The Kier molecular flexibility index (Phi) is 7.05. The molecule has 20 heavy (non-hydrogen) atoms. The highest BCUT2D eigenvalue weighted by Crippen LogP contribution is 2.24. The minimum absolute atomic E-state index is 0.460. The summed E-state index contributed by atoms with van der Waals surface area (Å²) in [5.41, 5.74) is 2.01. The van der Waals surface area contributed by atoms with E-state index in [1.807, 2.05) is 37.3 Å². The van der Waals surface area contributed by atoms with E-state index in [1.54, 1.807) is 7.11 Å². The smallest absolute Gasteiger partial charge is 0.119 e. The summed E-state index contributed by atoms with van der Waals surface area (Å²) < 4.78 is 5.18. The zero-order chi connectivity index (χ0) is 15.0. The molecule has 1 rings (SSSR count). The molecule has 0 aliphatic carbocycles. The first-order chi connectivity index (χ1) is 9.62. The van der Waals surface area contributed by atoms with E-state index in [0.29, 0.717) is 6.42 Å². The first-order valence-electron chi connectivity index (χ1n) is 6.89. The van der Waals surface area contributed by atoms with Gasteiger partial charge in [-0.15, -0.1) is 13.2 Å². The molecule has 1 atom stereocenters. The van der Waals surface area contributed by atoms with Crippen molar-refractivity contribution in [2.45, 2.75) is 19.4 Å². The second kappa shape index (κ2) is 8.56. The zero-order valence-electron chi connectivity index (χ0n) is 12.5. The summed E-state index contributed by atoms with van der Waals surface area (Å²) in [5.74, 6) is 0.818. The molecule has 3 nitrogen and oxygen atoms in total. The molecule has 0 aliphatic rings. The van der Waals surface area contributed by atoms with E-state index in [0.717, 1.165) is 36.5 Å². The lowest BCUT2D eigenvalue weighted by Crippen LogP contribution is -2.26. The van der Waals surface area contributed by atoms with E-state index in [4.69, 9.17) is 4.74 Å². The predicted octanol–water partition coefficient (Wildman–Crippen LogP) is 3.10. The Morgan fingerprint density at radius 3 is 2.45 bits per heavy atom. The highest BCUT2D eigenvalue weighted by atomic mass is 16.5. The number of benzene rings is 1. The molecule has 0 radical (unpaired) electrons. The van der Waals surface area contributed by atoms with Gasteiger partial charge in [0.1, 0.15) is 5.75 Å². The normalized spacial score (nSPS) is 12.2. The Labute approximate surface area is 122 Å². The van der Waals surface area contributed by atoms with Gasteiger partial charge in [0.25, 0.3) is 0 Å². The maximum Gasteiger partial charge on any atom is 0.119 e. The van der Waals surface area contributed by atoms with Gasteiger partial charge in [0, 0.05) is 19.6 Å². The van der Waals surface area contributed by atoms with Crippen molar-refractivity contribution in [3.63, 3.8) is 0 Å². The fourth-order valence-electron chi connectivity index (χ4n) is 2.23. The Balaban J connectivity index is 2.63. The van der Waals surface area contributed by atoms with Gasteiger partial charge in [0.05, 0.1) is 13.2 Å². The van der Waals surface area contributed by atoms with Crippen molar-refractivity contribution in [3.8, 4) is 5.75 Å². The van der Waals surface area contributed by atoms with Crippen LogP contribution in [0.1, 0.15) is 23.7 Å². The molecule has 0 fully saturated rings. The lowest BCUT2D eigenvalue weighted by atomic mass is 10.0. The minimum Gasteiger partial charge on any atom is -0.497 e. The Bertz CT molecular complexity index is 433. The molecular weight excluding hydrogens is 250 g/mol. The third kappa shape index (κ3) is 4.83. The molecule has 1 aromatic rings. The van der Waals surface area contributed by atoms with Crippen LogP contribution < -0.4 is 4.74 Å². The molecule has 1 unspecified atom stereocenters. The fourth-order valence-corrected chi connectivity index (χ4v) is 2.23. The van der Waals surface area contributed by atoms with Crippen molar-refractivity contribution < 1.29 is 9.84 Å². The average molecular weight is 275 g/mol. The summed E-state index contributed by atoms with van der Waals surface area (Å²) >= 11 is 0. The number of nitrogens with zero attached hydrogens (tertiary/aromatic N) is 1. The minimum atomic E-state index is -0.460. The van der Waals surface area contributed by atoms with E-state index in [1.165, 1.54) is 0 Å². The number of hydrogen-bond donors (Lipinski definition) is 1. The van der Waals surface area contributed by atoms with E-state index in [-0.39, 0.29) is 0 Å². The average Bonchev–Trinajstić information content (AvgIpc) is 2.44. The number of aliphatic hydroxyl groups excluding tert-OH is 1. The summed E-state index contributed by atoms with van der Waals surface area (Å²) in [6.07, 6.45) is 3.97. The van der Waals surface area contributed by atoms with E-state index >= 15 is 0 Å². The van der Waals surface area contributed by atoms with Gasteiger partial charge in [0.15, 0.2) is 0 Å². The van der Waals surface area contributed by atoms with Gasteiger partial charge in [-0.1, -0.05) is 18.2 Å². The lowest BCUT2D eigenvalue weighted by molar-refractivity contribution is 0.148. The van der Waals surface area contributed by atoms with Crippen LogP contribution in [-0.4, -0.2) is 36.8 Å². The number of aliphatic hydroxyl groups is 1.